The molecule has 1 saturated carbocycles. The number of allylic oxidation sites excluding steroid dienone is 1. The van der Waals surface area contributed by atoms with Crippen molar-refractivity contribution < 1.29 is 9.84 Å². The summed E-state index contributed by atoms with van der Waals surface area (Å²) in [6, 6.07) is 0. The van der Waals surface area contributed by atoms with Crippen LogP contribution in [-0.2, 0) is 4.74 Å². The van der Waals surface area contributed by atoms with Crippen LogP contribution in [0.1, 0.15) is 12.8 Å². The van der Waals surface area contributed by atoms with E-state index in [0.29, 0.717) is 18.1 Å². The largest absolute Gasteiger partial charge is 0.392 e. The highest BCUT2D eigenvalue weighted by molar-refractivity contribution is 5.24. The average molecular weight is 152 g/mol. The van der Waals surface area contributed by atoms with Gasteiger partial charge in [-0.1, -0.05) is 6.08 Å². The molecule has 0 spiro atoms. The lowest BCUT2D eigenvalue weighted by Gasteiger charge is -2.14. The smallest absolute Gasteiger partial charge is 0.0910 e. The van der Waals surface area contributed by atoms with Gasteiger partial charge >= 0.3 is 0 Å². The van der Waals surface area contributed by atoms with Crippen LogP contribution < -0.4 is 0 Å². The molecule has 2 fully saturated rings. The topological polar surface area (TPSA) is 32.8 Å². The second-order valence-corrected chi connectivity index (χ2v) is 3.83. The third-order valence-electron chi connectivity index (χ3n) is 3.31. The molecule has 1 saturated heterocycles. The van der Waals surface area contributed by atoms with Crippen molar-refractivity contribution in [3.05, 3.63) is 11.6 Å². The maximum absolute atomic E-state index is 9.03. The zero-order valence-corrected chi connectivity index (χ0v) is 6.36. The zero-order chi connectivity index (χ0) is 7.42. The summed E-state index contributed by atoms with van der Waals surface area (Å²) in [4.78, 5) is 0. The Morgan fingerprint density at radius 1 is 1.64 bits per heavy atom. The number of fused-ring (bicyclic) bond motifs is 3. The number of hydrogen-bond acceptors (Lipinski definition) is 2. The summed E-state index contributed by atoms with van der Waals surface area (Å²) in [7, 11) is 0. The van der Waals surface area contributed by atoms with Gasteiger partial charge in [-0.2, -0.15) is 0 Å². The highest BCUT2D eigenvalue weighted by Gasteiger charge is 2.57. The third-order valence-corrected chi connectivity index (χ3v) is 3.31. The third kappa shape index (κ3) is 0.690. The van der Waals surface area contributed by atoms with Crippen LogP contribution in [0.25, 0.3) is 0 Å². The molecular weight excluding hydrogens is 140 g/mol. The molecule has 1 N–H and O–H groups in total. The highest BCUT2D eigenvalue weighted by Crippen LogP contribution is 2.54. The van der Waals surface area contributed by atoms with Crippen LogP contribution in [-0.4, -0.2) is 23.9 Å². The molecule has 4 atom stereocenters. The first-order valence-corrected chi connectivity index (χ1v) is 4.35. The first-order chi connectivity index (χ1) is 5.40. The standard InChI is InChI=1S/C9H12O2/c10-4-6-2-1-5-3-7-9(11-7)8(5)6/h2,5,7-10H,1,3-4H2/t5-,7-,8+,9-/m0/s1. The molecule has 0 aromatic carbocycles. The van der Waals surface area contributed by atoms with Crippen LogP contribution >= 0.6 is 0 Å². The van der Waals surface area contributed by atoms with Crippen molar-refractivity contribution in [3.63, 3.8) is 0 Å². The van der Waals surface area contributed by atoms with Crippen molar-refractivity contribution in [1.82, 2.24) is 0 Å². The average Bonchev–Trinajstić information content (AvgIpc) is 2.53. The van der Waals surface area contributed by atoms with Gasteiger partial charge in [0, 0.05) is 5.92 Å². The number of aliphatic hydroxyl groups is 1. The summed E-state index contributed by atoms with van der Waals surface area (Å²) >= 11 is 0. The fourth-order valence-electron chi connectivity index (χ4n) is 2.74. The lowest BCUT2D eigenvalue weighted by molar-refractivity contribution is 0.221. The van der Waals surface area contributed by atoms with E-state index in [0.717, 1.165) is 5.92 Å². The van der Waals surface area contributed by atoms with Crippen molar-refractivity contribution in [1.29, 1.82) is 0 Å². The summed E-state index contributed by atoms with van der Waals surface area (Å²) in [6.45, 7) is 0.244. The Balaban J connectivity index is 1.88. The van der Waals surface area contributed by atoms with E-state index < -0.39 is 0 Å². The van der Waals surface area contributed by atoms with Gasteiger partial charge in [0.15, 0.2) is 0 Å². The van der Waals surface area contributed by atoms with E-state index in [1.807, 2.05) is 0 Å². The lowest BCUT2D eigenvalue weighted by Crippen LogP contribution is -2.13. The fourth-order valence-corrected chi connectivity index (χ4v) is 2.74. The first-order valence-electron chi connectivity index (χ1n) is 4.35. The first kappa shape index (κ1) is 6.21. The molecule has 2 aliphatic carbocycles. The van der Waals surface area contributed by atoms with E-state index in [1.165, 1.54) is 18.4 Å². The Kier molecular flexibility index (Phi) is 1.06. The normalized spacial score (nSPS) is 51.9. The maximum atomic E-state index is 9.03. The number of hydrogen-bond donors (Lipinski definition) is 1. The molecule has 0 unspecified atom stereocenters. The van der Waals surface area contributed by atoms with Crippen molar-refractivity contribution in [2.45, 2.75) is 25.0 Å². The van der Waals surface area contributed by atoms with Crippen molar-refractivity contribution in [3.8, 4) is 0 Å². The van der Waals surface area contributed by atoms with Gasteiger partial charge in [0.1, 0.15) is 0 Å². The molecule has 1 heterocycles. The zero-order valence-electron chi connectivity index (χ0n) is 6.36. The summed E-state index contributed by atoms with van der Waals surface area (Å²) in [5.74, 6) is 1.39. The number of rotatable bonds is 1. The molecule has 0 amide bonds. The molecule has 2 nitrogen and oxygen atoms in total. The minimum absolute atomic E-state index is 0.244. The van der Waals surface area contributed by atoms with E-state index in [9.17, 15) is 0 Å². The predicted molar refractivity (Wildman–Crippen MR) is 40.0 cm³/mol. The van der Waals surface area contributed by atoms with E-state index in [-0.39, 0.29) is 6.61 Å². The van der Waals surface area contributed by atoms with Gasteiger partial charge < -0.3 is 9.84 Å². The predicted octanol–water partition coefficient (Wildman–Crippen LogP) is 0.712. The van der Waals surface area contributed by atoms with Gasteiger partial charge in [-0.05, 0) is 24.3 Å². The summed E-state index contributed by atoms with van der Waals surface area (Å²) < 4.78 is 5.45. The molecule has 2 heteroatoms. The minimum Gasteiger partial charge on any atom is -0.392 e. The van der Waals surface area contributed by atoms with Crippen LogP contribution in [0.3, 0.4) is 0 Å². The van der Waals surface area contributed by atoms with Gasteiger partial charge in [0.2, 0.25) is 0 Å². The van der Waals surface area contributed by atoms with Crippen molar-refractivity contribution in [2.24, 2.45) is 11.8 Å². The summed E-state index contributed by atoms with van der Waals surface area (Å²) in [6.07, 6.45) is 5.65. The van der Waals surface area contributed by atoms with Crippen LogP contribution in [0.2, 0.25) is 0 Å². The fraction of sp³-hybridized carbons (Fsp3) is 0.778. The Morgan fingerprint density at radius 3 is 3.36 bits per heavy atom. The second kappa shape index (κ2) is 1.87. The second-order valence-electron chi connectivity index (χ2n) is 3.83. The Labute approximate surface area is 65.9 Å². The van der Waals surface area contributed by atoms with Gasteiger partial charge in [0.05, 0.1) is 18.8 Å². The molecule has 11 heavy (non-hydrogen) atoms. The molecule has 0 aromatic rings. The Hall–Kier alpha value is -0.340. The SMILES string of the molecule is OCC1=CC[C@H]2C[C@@H]3O[C@@H]3[C@@H]12. The quantitative estimate of drug-likeness (QED) is 0.443. The molecule has 60 valence electrons. The van der Waals surface area contributed by atoms with Crippen LogP contribution in [0.4, 0.5) is 0 Å². The van der Waals surface area contributed by atoms with Crippen LogP contribution in [0.5, 0.6) is 0 Å². The van der Waals surface area contributed by atoms with E-state index in [4.69, 9.17) is 9.84 Å². The van der Waals surface area contributed by atoms with E-state index in [1.54, 1.807) is 0 Å². The summed E-state index contributed by atoms with van der Waals surface area (Å²) in [5, 5.41) is 9.03. The van der Waals surface area contributed by atoms with Crippen molar-refractivity contribution >= 4 is 0 Å². The molecule has 0 aromatic heterocycles. The van der Waals surface area contributed by atoms with E-state index >= 15 is 0 Å². The number of ether oxygens (including phenoxy) is 1. The summed E-state index contributed by atoms with van der Waals surface area (Å²) in [5.41, 5.74) is 1.24. The molecule has 3 rings (SSSR count). The monoisotopic (exact) mass is 152 g/mol. The Morgan fingerprint density at radius 2 is 2.55 bits per heavy atom. The van der Waals surface area contributed by atoms with Gasteiger partial charge in [0.25, 0.3) is 0 Å². The van der Waals surface area contributed by atoms with Crippen molar-refractivity contribution in [2.75, 3.05) is 6.61 Å². The number of epoxide rings is 1. The van der Waals surface area contributed by atoms with Gasteiger partial charge in [-0.3, -0.25) is 0 Å². The highest BCUT2D eigenvalue weighted by atomic mass is 16.6. The molecule has 0 radical (unpaired) electrons. The van der Waals surface area contributed by atoms with Gasteiger partial charge in [-0.25, -0.2) is 0 Å². The van der Waals surface area contributed by atoms with Gasteiger partial charge in [-0.15, -0.1) is 0 Å². The molecule has 0 bridgehead atoms. The maximum Gasteiger partial charge on any atom is 0.0910 e. The van der Waals surface area contributed by atoms with E-state index in [2.05, 4.69) is 6.08 Å². The number of aliphatic hydroxyl groups excluding tert-OH is 1. The molecule has 3 aliphatic rings. The van der Waals surface area contributed by atoms with Crippen LogP contribution in [0, 0.1) is 11.8 Å². The Bertz CT molecular complexity index is 222. The molecule has 1 aliphatic heterocycles. The molecular formula is C9H12O2. The van der Waals surface area contributed by atoms with Crippen LogP contribution in [0.15, 0.2) is 11.6 Å². The lowest BCUT2D eigenvalue weighted by atomic mass is 9.94. The minimum atomic E-state index is 0.244.